The smallest absolute Gasteiger partial charge is 0.207 e. The van der Waals surface area contributed by atoms with Crippen LogP contribution in [0.4, 0.5) is 0 Å². The lowest BCUT2D eigenvalue weighted by Crippen LogP contribution is -1.97. The van der Waals surface area contributed by atoms with E-state index in [-0.39, 0.29) is 10.5 Å². The molecular formula is C8H4Br2ClNO2S. The molecule has 15 heavy (non-hydrogen) atoms. The van der Waals surface area contributed by atoms with Crippen LogP contribution in [0, 0.1) is 11.3 Å². The fourth-order valence-corrected chi connectivity index (χ4v) is 3.48. The van der Waals surface area contributed by atoms with Crippen LogP contribution in [0.25, 0.3) is 0 Å². The van der Waals surface area contributed by atoms with Crippen molar-refractivity contribution in [2.45, 2.75) is 10.2 Å². The van der Waals surface area contributed by atoms with Gasteiger partial charge in [-0.25, -0.2) is 8.42 Å². The molecule has 0 bridgehead atoms. The number of alkyl halides is 1. The van der Waals surface area contributed by atoms with Gasteiger partial charge in [0.25, 0.3) is 9.05 Å². The van der Waals surface area contributed by atoms with Crippen LogP contribution in [0.2, 0.25) is 0 Å². The third-order valence-corrected chi connectivity index (χ3v) is 4.38. The molecule has 0 aliphatic heterocycles. The highest BCUT2D eigenvalue weighted by Gasteiger charge is 2.17. The minimum absolute atomic E-state index is 0.0441. The molecule has 0 N–H and O–H groups in total. The van der Waals surface area contributed by atoms with E-state index in [1.54, 1.807) is 6.07 Å². The molecule has 0 aromatic heterocycles. The minimum Gasteiger partial charge on any atom is -0.207 e. The Bertz CT molecular complexity index is 536. The quantitative estimate of drug-likeness (QED) is 0.591. The van der Waals surface area contributed by atoms with Crippen LogP contribution in [0.1, 0.15) is 11.1 Å². The van der Waals surface area contributed by atoms with Gasteiger partial charge >= 0.3 is 0 Å². The Morgan fingerprint density at radius 1 is 1.47 bits per heavy atom. The topological polar surface area (TPSA) is 57.9 Å². The van der Waals surface area contributed by atoms with E-state index in [2.05, 4.69) is 31.9 Å². The van der Waals surface area contributed by atoms with Crippen LogP contribution in [0.5, 0.6) is 0 Å². The molecule has 0 amide bonds. The van der Waals surface area contributed by atoms with Crippen LogP contribution >= 0.6 is 42.5 Å². The second-order valence-electron chi connectivity index (χ2n) is 2.62. The molecule has 0 heterocycles. The van der Waals surface area contributed by atoms with Gasteiger partial charge in [0, 0.05) is 20.5 Å². The van der Waals surface area contributed by atoms with Crippen molar-refractivity contribution in [3.63, 3.8) is 0 Å². The summed E-state index contributed by atoms with van der Waals surface area (Å²) >= 11 is 6.43. The third-order valence-electron chi connectivity index (χ3n) is 1.68. The van der Waals surface area contributed by atoms with E-state index in [1.807, 2.05) is 0 Å². The zero-order valence-corrected chi connectivity index (χ0v) is 11.9. The number of benzene rings is 1. The number of hydrogen-bond acceptors (Lipinski definition) is 3. The summed E-state index contributed by atoms with van der Waals surface area (Å²) in [6.07, 6.45) is 0. The van der Waals surface area contributed by atoms with E-state index in [4.69, 9.17) is 15.9 Å². The van der Waals surface area contributed by atoms with Crippen LogP contribution in [0.3, 0.4) is 0 Å². The van der Waals surface area contributed by atoms with Crippen LogP contribution < -0.4 is 0 Å². The van der Waals surface area contributed by atoms with E-state index in [9.17, 15) is 8.42 Å². The second-order valence-corrected chi connectivity index (χ2v) is 6.57. The first-order valence-corrected chi connectivity index (χ1v) is 7.85. The highest BCUT2D eigenvalue weighted by molar-refractivity contribution is 9.10. The van der Waals surface area contributed by atoms with Gasteiger partial charge in [-0.3, -0.25) is 0 Å². The minimum atomic E-state index is -3.89. The summed E-state index contributed by atoms with van der Waals surface area (Å²) in [4.78, 5) is -0.178. The van der Waals surface area contributed by atoms with Crippen LogP contribution in [-0.4, -0.2) is 8.42 Å². The number of rotatable bonds is 2. The van der Waals surface area contributed by atoms with Gasteiger partial charge in [0.05, 0.1) is 5.56 Å². The van der Waals surface area contributed by atoms with Crippen molar-refractivity contribution in [3.05, 3.63) is 27.7 Å². The zero-order valence-electron chi connectivity index (χ0n) is 7.17. The molecule has 1 aromatic rings. The molecule has 0 radical (unpaired) electrons. The summed E-state index contributed by atoms with van der Waals surface area (Å²) in [6.45, 7) is 0. The Balaban J connectivity index is 3.57. The number of nitrogens with zero attached hydrogens (tertiary/aromatic N) is 1. The molecule has 0 aliphatic carbocycles. The summed E-state index contributed by atoms with van der Waals surface area (Å²) < 4.78 is 22.9. The predicted molar refractivity (Wildman–Crippen MR) is 64.5 cm³/mol. The SMILES string of the molecule is N#Cc1cc(CBr)c(Br)cc1S(=O)(=O)Cl. The van der Waals surface area contributed by atoms with Crippen molar-refractivity contribution in [2.75, 3.05) is 0 Å². The average molecular weight is 373 g/mol. The Kier molecular flexibility index (Phi) is 4.18. The van der Waals surface area contributed by atoms with Crippen molar-refractivity contribution in [3.8, 4) is 6.07 Å². The van der Waals surface area contributed by atoms with Crippen molar-refractivity contribution in [2.24, 2.45) is 0 Å². The third kappa shape index (κ3) is 2.94. The standard InChI is InChI=1S/C8H4Br2ClNO2S/c9-3-5-1-6(4-12)8(2-7(5)10)15(11,13)14/h1-2H,3H2. The van der Waals surface area contributed by atoms with Gasteiger partial charge in [0.2, 0.25) is 0 Å². The molecule has 80 valence electrons. The molecule has 0 unspecified atom stereocenters. The molecule has 7 heteroatoms. The maximum Gasteiger partial charge on any atom is 0.262 e. The molecule has 0 spiro atoms. The van der Waals surface area contributed by atoms with E-state index in [0.717, 1.165) is 5.56 Å². The molecule has 0 aliphatic rings. The van der Waals surface area contributed by atoms with Gasteiger partial charge in [-0.2, -0.15) is 5.26 Å². The van der Waals surface area contributed by atoms with E-state index < -0.39 is 9.05 Å². The van der Waals surface area contributed by atoms with E-state index >= 15 is 0 Å². The largest absolute Gasteiger partial charge is 0.262 e. The summed E-state index contributed by atoms with van der Waals surface area (Å²) in [5.74, 6) is 0. The van der Waals surface area contributed by atoms with Gasteiger partial charge in [-0.1, -0.05) is 31.9 Å². The van der Waals surface area contributed by atoms with Gasteiger partial charge in [0.1, 0.15) is 11.0 Å². The lowest BCUT2D eigenvalue weighted by atomic mass is 10.1. The molecule has 0 atom stereocenters. The fraction of sp³-hybridized carbons (Fsp3) is 0.125. The van der Waals surface area contributed by atoms with E-state index in [0.29, 0.717) is 9.80 Å². The first-order chi connectivity index (χ1) is 6.90. The number of halogens is 3. The van der Waals surface area contributed by atoms with Gasteiger partial charge in [0.15, 0.2) is 0 Å². The first kappa shape index (κ1) is 13.0. The molecule has 1 rings (SSSR count). The van der Waals surface area contributed by atoms with Crippen LogP contribution in [-0.2, 0) is 14.4 Å². The number of nitriles is 1. The maximum absolute atomic E-state index is 11.1. The van der Waals surface area contributed by atoms with Crippen molar-refractivity contribution in [1.82, 2.24) is 0 Å². The molecule has 0 saturated carbocycles. The molecule has 1 aromatic carbocycles. The summed E-state index contributed by atoms with van der Waals surface area (Å²) in [7, 11) is 1.31. The second kappa shape index (κ2) is 4.83. The summed E-state index contributed by atoms with van der Waals surface area (Å²) in [6, 6.07) is 4.61. The monoisotopic (exact) mass is 371 g/mol. The van der Waals surface area contributed by atoms with Crippen molar-refractivity contribution in [1.29, 1.82) is 5.26 Å². The summed E-state index contributed by atoms with van der Waals surface area (Å²) in [5, 5.41) is 9.31. The Hall–Kier alpha value is -0.0900. The molecule has 3 nitrogen and oxygen atoms in total. The molecule has 0 fully saturated rings. The average Bonchev–Trinajstić information content (AvgIpc) is 2.16. The van der Waals surface area contributed by atoms with Crippen LogP contribution in [0.15, 0.2) is 21.5 Å². The van der Waals surface area contributed by atoms with Gasteiger partial charge < -0.3 is 0 Å². The summed E-state index contributed by atoms with van der Waals surface area (Å²) in [5.41, 5.74) is 0.832. The lowest BCUT2D eigenvalue weighted by molar-refractivity contribution is 0.609. The normalized spacial score (nSPS) is 11.1. The van der Waals surface area contributed by atoms with Gasteiger partial charge in [-0.15, -0.1) is 0 Å². The van der Waals surface area contributed by atoms with Crippen molar-refractivity contribution >= 4 is 51.6 Å². The highest BCUT2D eigenvalue weighted by atomic mass is 79.9. The highest BCUT2D eigenvalue weighted by Crippen LogP contribution is 2.28. The fourth-order valence-electron chi connectivity index (χ4n) is 0.991. The molecule has 0 saturated heterocycles. The Morgan fingerprint density at radius 3 is 2.47 bits per heavy atom. The first-order valence-electron chi connectivity index (χ1n) is 3.63. The molecular weight excluding hydrogens is 369 g/mol. The predicted octanol–water partition coefficient (Wildman–Crippen LogP) is 3.14. The zero-order chi connectivity index (χ0) is 11.6. The van der Waals surface area contributed by atoms with E-state index in [1.165, 1.54) is 12.1 Å². The maximum atomic E-state index is 11.1. The Labute approximate surface area is 109 Å². The van der Waals surface area contributed by atoms with Gasteiger partial charge in [-0.05, 0) is 17.7 Å². The number of hydrogen-bond donors (Lipinski definition) is 0. The van der Waals surface area contributed by atoms with Crippen molar-refractivity contribution < 1.29 is 8.42 Å². The Morgan fingerprint density at radius 2 is 2.07 bits per heavy atom. The lowest BCUT2D eigenvalue weighted by Gasteiger charge is -2.05.